The summed E-state index contributed by atoms with van der Waals surface area (Å²) < 4.78 is 34.8. The Labute approximate surface area is 589 Å². The number of esters is 2. The molecule has 9 nitrogen and oxygen atoms in total. The molecule has 0 spiro atoms. The van der Waals surface area contributed by atoms with Crippen molar-refractivity contribution in [3.63, 3.8) is 0 Å². The molecule has 2 atom stereocenters. The number of phosphoric ester groups is 1. The molecule has 1 N–H and O–H groups in total. The van der Waals surface area contributed by atoms with Gasteiger partial charge in [-0.3, -0.25) is 18.6 Å². The molecule has 0 aliphatic heterocycles. The maximum Gasteiger partial charge on any atom is 0.472 e. The Balaban J connectivity index is 4.13. The predicted octanol–water partition coefficient (Wildman–Crippen LogP) is 25.4. The summed E-state index contributed by atoms with van der Waals surface area (Å²) in [7, 11) is 1.45. The topological polar surface area (TPSA) is 108 Å². The Kier molecular flexibility index (Phi) is 69.7. The molecular formula is C86H139NO8P+. The Morgan fingerprint density at radius 3 is 0.833 bits per heavy atom. The van der Waals surface area contributed by atoms with Crippen LogP contribution >= 0.6 is 7.82 Å². The lowest BCUT2D eigenvalue weighted by Crippen LogP contribution is -2.37. The van der Waals surface area contributed by atoms with Crippen molar-refractivity contribution in [1.82, 2.24) is 0 Å². The molecule has 0 amide bonds. The van der Waals surface area contributed by atoms with Crippen LogP contribution in [0.1, 0.15) is 271 Å². The molecule has 96 heavy (non-hydrogen) atoms. The number of likely N-dealkylation sites (N-methyl/N-ethyl adjacent to an activating group) is 1. The largest absolute Gasteiger partial charge is 0.472 e. The highest BCUT2D eigenvalue weighted by Gasteiger charge is 2.27. The maximum atomic E-state index is 12.9. The smallest absolute Gasteiger partial charge is 0.462 e. The van der Waals surface area contributed by atoms with Gasteiger partial charge < -0.3 is 18.9 Å². The highest BCUT2D eigenvalue weighted by atomic mass is 31.2. The van der Waals surface area contributed by atoms with E-state index in [9.17, 15) is 19.0 Å². The monoisotopic (exact) mass is 1350 g/mol. The number of rotatable bonds is 67. The molecule has 0 bridgehead atoms. The first-order valence-corrected chi connectivity index (χ1v) is 39.3. The van der Waals surface area contributed by atoms with Gasteiger partial charge in [0.15, 0.2) is 6.10 Å². The lowest BCUT2D eigenvalue weighted by atomic mass is 10.0. The van der Waals surface area contributed by atoms with Crippen LogP contribution in [-0.4, -0.2) is 74.9 Å². The van der Waals surface area contributed by atoms with Gasteiger partial charge in [-0.2, -0.15) is 0 Å². The zero-order valence-corrected chi connectivity index (χ0v) is 62.4. The second-order valence-electron chi connectivity index (χ2n) is 25.6. The van der Waals surface area contributed by atoms with Crippen molar-refractivity contribution in [2.24, 2.45) is 0 Å². The van der Waals surface area contributed by atoms with Crippen molar-refractivity contribution in [1.29, 1.82) is 0 Å². The maximum absolute atomic E-state index is 12.9. The van der Waals surface area contributed by atoms with Gasteiger partial charge in [-0.05, 0) is 148 Å². The molecule has 0 aliphatic carbocycles. The van der Waals surface area contributed by atoms with E-state index in [0.717, 1.165) is 167 Å². The minimum Gasteiger partial charge on any atom is -0.462 e. The van der Waals surface area contributed by atoms with Crippen LogP contribution in [0.3, 0.4) is 0 Å². The number of carbonyl (C=O) groups is 2. The number of nitrogens with zero attached hydrogens (tertiary/aromatic N) is 1. The van der Waals surface area contributed by atoms with E-state index in [0.29, 0.717) is 17.4 Å². The predicted molar refractivity (Wildman–Crippen MR) is 417 cm³/mol. The molecule has 0 heterocycles. The fourth-order valence-electron chi connectivity index (χ4n) is 9.61. The van der Waals surface area contributed by atoms with E-state index in [2.05, 4.69) is 220 Å². The third kappa shape index (κ3) is 77.6. The van der Waals surface area contributed by atoms with Crippen molar-refractivity contribution >= 4 is 19.8 Å². The van der Waals surface area contributed by atoms with Gasteiger partial charge in [-0.15, -0.1) is 0 Å². The zero-order valence-electron chi connectivity index (χ0n) is 61.5. The van der Waals surface area contributed by atoms with E-state index in [-0.39, 0.29) is 32.0 Å². The van der Waals surface area contributed by atoms with Crippen molar-refractivity contribution in [2.75, 3.05) is 47.5 Å². The second kappa shape index (κ2) is 73.8. The van der Waals surface area contributed by atoms with Crippen molar-refractivity contribution in [3.8, 4) is 0 Å². The van der Waals surface area contributed by atoms with Crippen LogP contribution in [0.25, 0.3) is 0 Å². The molecular weight excluding hydrogens is 1210 g/mol. The SMILES string of the molecule is CC/C=C\C/C=C\C/C=C\C/C=C\C/C=C\C/C=C\C/C=C\C/C=C\C/C=C\C/C=C\CCCCCCCCCCC(=O)OC(COC(=O)CCCCCCCCCCCCC/C=C\C/C=C\C/C=C\C/C=C\C/C=C\C/C=C\C/C=C\CC)COP(=O)(O)OCC[N+](C)(C)C. The third-order valence-corrected chi connectivity index (χ3v) is 16.3. The van der Waals surface area contributed by atoms with Crippen LogP contribution in [0.4, 0.5) is 0 Å². The number of ether oxygens (including phenoxy) is 2. The van der Waals surface area contributed by atoms with Crippen LogP contribution < -0.4 is 0 Å². The van der Waals surface area contributed by atoms with Gasteiger partial charge in [0.25, 0.3) is 0 Å². The van der Waals surface area contributed by atoms with Gasteiger partial charge in [0.1, 0.15) is 19.8 Å². The molecule has 0 aromatic rings. The molecule has 540 valence electrons. The van der Waals surface area contributed by atoms with Gasteiger partial charge >= 0.3 is 19.8 Å². The van der Waals surface area contributed by atoms with Crippen molar-refractivity contribution in [3.05, 3.63) is 207 Å². The number of quaternary nitrogens is 1. The van der Waals surface area contributed by atoms with E-state index in [1.807, 2.05) is 21.1 Å². The summed E-state index contributed by atoms with van der Waals surface area (Å²) in [6, 6.07) is 0. The van der Waals surface area contributed by atoms with E-state index in [1.165, 1.54) is 70.6 Å². The first kappa shape index (κ1) is 90.6. The summed E-state index contributed by atoms with van der Waals surface area (Å²) in [6.45, 7) is 4.18. The van der Waals surface area contributed by atoms with Gasteiger partial charge in [-0.1, -0.05) is 317 Å². The third-order valence-electron chi connectivity index (χ3n) is 15.3. The lowest BCUT2D eigenvalue weighted by Gasteiger charge is -2.24. The molecule has 10 heteroatoms. The molecule has 0 rings (SSSR count). The number of phosphoric acid groups is 1. The number of allylic oxidation sites excluding steroid dienone is 34. The minimum atomic E-state index is -4.41. The molecule has 2 unspecified atom stereocenters. The van der Waals surface area contributed by atoms with Crippen LogP contribution in [0.5, 0.6) is 0 Å². The summed E-state index contributed by atoms with van der Waals surface area (Å²) in [5.41, 5.74) is 0. The average Bonchev–Trinajstić information content (AvgIpc) is 1.98. The summed E-state index contributed by atoms with van der Waals surface area (Å²) >= 11 is 0. The molecule has 0 saturated carbocycles. The van der Waals surface area contributed by atoms with Crippen LogP contribution in [0, 0.1) is 0 Å². The number of unbranched alkanes of at least 4 members (excludes halogenated alkanes) is 19. The first-order chi connectivity index (χ1) is 47.0. The number of hydrogen-bond acceptors (Lipinski definition) is 7. The van der Waals surface area contributed by atoms with E-state index in [1.54, 1.807) is 0 Å². The quantitative estimate of drug-likeness (QED) is 0.0211. The normalized spacial score (nSPS) is 14.3. The highest BCUT2D eigenvalue weighted by molar-refractivity contribution is 7.47. The molecule has 0 aromatic carbocycles. The highest BCUT2D eigenvalue weighted by Crippen LogP contribution is 2.43. The summed E-state index contributed by atoms with van der Waals surface area (Å²) in [6.07, 6.45) is 116. The first-order valence-electron chi connectivity index (χ1n) is 37.8. The summed E-state index contributed by atoms with van der Waals surface area (Å²) in [5, 5.41) is 0. The Hall–Kier alpha value is -5.41. The van der Waals surface area contributed by atoms with E-state index >= 15 is 0 Å². The van der Waals surface area contributed by atoms with E-state index < -0.39 is 26.5 Å². The second-order valence-corrected chi connectivity index (χ2v) is 27.0. The van der Waals surface area contributed by atoms with Gasteiger partial charge in [0.05, 0.1) is 27.7 Å². The average molecular weight is 1350 g/mol. The Morgan fingerprint density at radius 1 is 0.323 bits per heavy atom. The number of hydrogen-bond donors (Lipinski definition) is 1. The van der Waals surface area contributed by atoms with Gasteiger partial charge in [0.2, 0.25) is 0 Å². The van der Waals surface area contributed by atoms with Gasteiger partial charge in [-0.25, -0.2) is 4.57 Å². The molecule has 0 saturated heterocycles. The standard InChI is InChI=1S/C86H138NO8P/c1-6-8-10-12-14-16-18-20-22-24-26-28-30-32-34-36-38-40-41-42-43-44-45-47-49-51-53-55-57-59-61-63-65-67-69-71-73-75-77-79-86(89)95-84(83-94-96(90,91)93-81-80-87(3,4)5)82-92-85(88)78-76-74-72-70-68-66-64-62-60-58-56-54-52-50-48-46-39-37-35-33-31-29-27-25-23-21-19-17-15-13-11-9-7-2/h8-11,14-17,20-23,26-29,32-35,38-40,42-43,45-47,50-53,57,59,84H,6-7,12-13,18-19,24-25,30-31,36-37,41,44,48-49,54-56,58,60-83H2,1-5H3/p+1/b10-8-,11-9-,16-14-,17-15-,22-20-,23-21-,28-26-,29-27-,34-32-,35-33-,40-38-,43-42-,46-39-,47-45-,52-50-,53-51-,59-57-. The number of carbonyl (C=O) groups excluding carboxylic acids is 2. The Morgan fingerprint density at radius 2 is 0.562 bits per heavy atom. The molecule has 0 aromatic heterocycles. The lowest BCUT2D eigenvalue weighted by molar-refractivity contribution is -0.870. The fourth-order valence-corrected chi connectivity index (χ4v) is 10.4. The van der Waals surface area contributed by atoms with Crippen LogP contribution in [0.2, 0.25) is 0 Å². The van der Waals surface area contributed by atoms with Crippen LogP contribution in [-0.2, 0) is 32.7 Å². The molecule has 0 fully saturated rings. The molecule has 0 radical (unpaired) electrons. The Bertz CT molecular complexity index is 2380. The fraction of sp³-hybridized carbons (Fsp3) is 0.581. The zero-order chi connectivity index (χ0) is 69.7. The van der Waals surface area contributed by atoms with E-state index in [4.69, 9.17) is 18.5 Å². The van der Waals surface area contributed by atoms with Crippen molar-refractivity contribution in [2.45, 2.75) is 277 Å². The van der Waals surface area contributed by atoms with Gasteiger partial charge in [0, 0.05) is 12.8 Å². The summed E-state index contributed by atoms with van der Waals surface area (Å²) in [5.74, 6) is -0.821. The summed E-state index contributed by atoms with van der Waals surface area (Å²) in [4.78, 5) is 36.0. The molecule has 0 aliphatic rings. The van der Waals surface area contributed by atoms with Crippen molar-refractivity contribution < 1.29 is 42.1 Å². The van der Waals surface area contributed by atoms with Crippen LogP contribution in [0.15, 0.2) is 207 Å². The minimum absolute atomic E-state index is 0.0190.